The minimum Gasteiger partial charge on any atom is -0.497 e. The van der Waals surface area contributed by atoms with Crippen LogP contribution in [0, 0.1) is 0 Å². The second-order valence-electron chi connectivity index (χ2n) is 12.1. The van der Waals surface area contributed by atoms with Crippen LogP contribution in [-0.2, 0) is 38.1 Å². The summed E-state index contributed by atoms with van der Waals surface area (Å²) in [5.41, 5.74) is -2.00. The number of nitrogens with zero attached hydrogens (tertiary/aromatic N) is 2. The summed E-state index contributed by atoms with van der Waals surface area (Å²) >= 11 is 0. The van der Waals surface area contributed by atoms with E-state index in [1.165, 1.54) is 18.1 Å². The third kappa shape index (κ3) is 10.2. The number of carbonyl (C=O) groups excluding carboxylic acids is 3. The number of alkyl halides is 3. The Hall–Kier alpha value is -4.23. The Morgan fingerprint density at radius 1 is 0.932 bits per heavy atom. The van der Waals surface area contributed by atoms with Gasteiger partial charge >= 0.3 is 24.5 Å². The fourth-order valence-electron chi connectivity index (χ4n) is 4.35. The van der Waals surface area contributed by atoms with Crippen molar-refractivity contribution in [2.24, 2.45) is 0 Å². The second kappa shape index (κ2) is 13.6. The number of likely N-dealkylation sites (tertiary alicyclic amines) is 1. The van der Waals surface area contributed by atoms with Gasteiger partial charge in [-0.05, 0) is 83.4 Å². The number of rotatable bonds is 7. The van der Waals surface area contributed by atoms with E-state index in [9.17, 15) is 27.6 Å². The first-order valence-electron chi connectivity index (χ1n) is 13.8. The van der Waals surface area contributed by atoms with Crippen LogP contribution in [0.15, 0.2) is 42.6 Å². The van der Waals surface area contributed by atoms with Gasteiger partial charge in [-0.3, -0.25) is 9.88 Å². The van der Waals surface area contributed by atoms with Gasteiger partial charge in [-0.1, -0.05) is 12.1 Å². The van der Waals surface area contributed by atoms with Gasteiger partial charge in [0, 0.05) is 12.7 Å². The first-order valence-corrected chi connectivity index (χ1v) is 13.8. The fourth-order valence-corrected chi connectivity index (χ4v) is 4.35. The van der Waals surface area contributed by atoms with Gasteiger partial charge in [-0.15, -0.1) is 0 Å². The van der Waals surface area contributed by atoms with Crippen molar-refractivity contribution in [2.45, 2.75) is 90.1 Å². The molecule has 14 heteroatoms. The number of methoxy groups -OCH3 is 1. The van der Waals surface area contributed by atoms with Gasteiger partial charge < -0.3 is 29.0 Å². The molecule has 11 nitrogen and oxygen atoms in total. The van der Waals surface area contributed by atoms with Crippen LogP contribution in [0.25, 0.3) is 0 Å². The van der Waals surface area contributed by atoms with Gasteiger partial charge in [0.1, 0.15) is 22.6 Å². The fraction of sp³-hybridized carbons (Fsp3) is 0.533. The van der Waals surface area contributed by atoms with E-state index in [2.05, 4.69) is 10.3 Å². The molecule has 242 valence electrons. The van der Waals surface area contributed by atoms with Crippen molar-refractivity contribution in [2.75, 3.05) is 13.7 Å². The Morgan fingerprint density at radius 2 is 1.57 bits per heavy atom. The zero-order valence-corrected chi connectivity index (χ0v) is 25.7. The average Bonchev–Trinajstić information content (AvgIpc) is 3.21. The molecule has 2 aromatic rings. The number of benzene rings is 1. The van der Waals surface area contributed by atoms with E-state index in [4.69, 9.17) is 23.7 Å². The van der Waals surface area contributed by atoms with E-state index in [1.807, 2.05) is 0 Å². The molecule has 3 atom stereocenters. The SMILES string of the molecule is COc1ccc(C[C@@H]2[C@H](OC(=O)NCc3ccnc(C(F)(F)F)c3)[C@@H](OC(=O)OC(C)(C)C)CN2C(=O)OC(C)(C)C)cc1. The lowest BCUT2D eigenvalue weighted by molar-refractivity contribution is -0.141. The topological polar surface area (TPSA) is 126 Å². The van der Waals surface area contributed by atoms with Crippen molar-refractivity contribution in [1.29, 1.82) is 0 Å². The Morgan fingerprint density at radius 3 is 2.14 bits per heavy atom. The van der Waals surface area contributed by atoms with Crippen LogP contribution in [0.5, 0.6) is 5.75 Å². The maximum Gasteiger partial charge on any atom is 0.509 e. The molecule has 1 N–H and O–H groups in total. The Bertz CT molecular complexity index is 1310. The molecule has 1 aromatic heterocycles. The monoisotopic (exact) mass is 625 g/mol. The highest BCUT2D eigenvalue weighted by Crippen LogP contribution is 2.31. The molecule has 0 aliphatic carbocycles. The Labute approximate surface area is 253 Å². The van der Waals surface area contributed by atoms with Gasteiger partial charge in [-0.2, -0.15) is 13.2 Å². The summed E-state index contributed by atoms with van der Waals surface area (Å²) < 4.78 is 66.6. The zero-order valence-electron chi connectivity index (χ0n) is 25.7. The number of hydrogen-bond donors (Lipinski definition) is 1. The molecule has 1 aliphatic rings. The maximum atomic E-state index is 13.3. The number of amides is 2. The minimum atomic E-state index is -4.66. The van der Waals surface area contributed by atoms with Crippen LogP contribution in [0.1, 0.15) is 58.4 Å². The number of carbonyl (C=O) groups is 3. The van der Waals surface area contributed by atoms with Crippen LogP contribution < -0.4 is 10.1 Å². The van der Waals surface area contributed by atoms with Gasteiger partial charge in [0.2, 0.25) is 0 Å². The molecule has 0 saturated carbocycles. The van der Waals surface area contributed by atoms with E-state index in [1.54, 1.807) is 65.8 Å². The molecule has 1 fully saturated rings. The molecule has 0 spiro atoms. The van der Waals surface area contributed by atoms with Crippen molar-refractivity contribution in [3.05, 3.63) is 59.4 Å². The normalized spacial score (nSPS) is 18.8. The lowest BCUT2D eigenvalue weighted by Crippen LogP contribution is -2.46. The van der Waals surface area contributed by atoms with Crippen LogP contribution in [0.4, 0.5) is 27.6 Å². The van der Waals surface area contributed by atoms with Crippen LogP contribution in [-0.4, -0.2) is 71.3 Å². The number of halogens is 3. The average molecular weight is 626 g/mol. The molecule has 1 aromatic carbocycles. The Balaban J connectivity index is 1.90. The summed E-state index contributed by atoms with van der Waals surface area (Å²) in [6.07, 6.45) is -8.66. The quantitative estimate of drug-likeness (QED) is 0.296. The van der Waals surface area contributed by atoms with Gasteiger partial charge in [-0.25, -0.2) is 14.4 Å². The highest BCUT2D eigenvalue weighted by atomic mass is 19.4. The summed E-state index contributed by atoms with van der Waals surface area (Å²) in [4.78, 5) is 43.6. The molecule has 1 aliphatic heterocycles. The van der Waals surface area contributed by atoms with E-state index in [0.29, 0.717) is 5.75 Å². The molecule has 0 radical (unpaired) electrons. The summed E-state index contributed by atoms with van der Waals surface area (Å²) in [6, 6.07) is 8.25. The minimum absolute atomic E-state index is 0.127. The highest BCUT2D eigenvalue weighted by Gasteiger charge is 2.50. The van der Waals surface area contributed by atoms with Crippen molar-refractivity contribution in [3.8, 4) is 5.75 Å². The molecule has 0 bridgehead atoms. The van der Waals surface area contributed by atoms with E-state index in [-0.39, 0.29) is 25.1 Å². The summed E-state index contributed by atoms with van der Waals surface area (Å²) in [5, 5.41) is 2.42. The number of aromatic nitrogens is 1. The number of hydrogen-bond acceptors (Lipinski definition) is 9. The van der Waals surface area contributed by atoms with Gasteiger partial charge in [0.05, 0.1) is 19.7 Å². The molecule has 0 unspecified atom stereocenters. The highest BCUT2D eigenvalue weighted by molar-refractivity contribution is 5.71. The lowest BCUT2D eigenvalue weighted by Gasteiger charge is -2.30. The molecule has 2 amide bonds. The largest absolute Gasteiger partial charge is 0.509 e. The summed E-state index contributed by atoms with van der Waals surface area (Å²) in [5.74, 6) is 0.604. The summed E-state index contributed by atoms with van der Waals surface area (Å²) in [7, 11) is 1.52. The molecular formula is C30H38F3N3O8. The van der Waals surface area contributed by atoms with Crippen molar-refractivity contribution >= 4 is 18.3 Å². The third-order valence-electron chi connectivity index (χ3n) is 6.19. The first-order chi connectivity index (χ1) is 20.3. The predicted octanol–water partition coefficient (Wildman–Crippen LogP) is 5.89. The van der Waals surface area contributed by atoms with E-state index < -0.39 is 59.7 Å². The van der Waals surface area contributed by atoms with Crippen LogP contribution in [0.2, 0.25) is 0 Å². The lowest BCUT2D eigenvalue weighted by atomic mass is 10.0. The number of alkyl carbamates (subject to hydrolysis) is 1. The van der Waals surface area contributed by atoms with Crippen molar-refractivity contribution < 1.29 is 51.2 Å². The summed E-state index contributed by atoms with van der Waals surface area (Å²) in [6.45, 7) is 9.52. The van der Waals surface area contributed by atoms with Gasteiger partial charge in [0.15, 0.2) is 12.2 Å². The Kier molecular flexibility index (Phi) is 10.6. The van der Waals surface area contributed by atoms with E-state index >= 15 is 0 Å². The number of pyridine rings is 1. The molecule has 2 heterocycles. The molecule has 3 rings (SSSR count). The third-order valence-corrected chi connectivity index (χ3v) is 6.19. The van der Waals surface area contributed by atoms with Crippen LogP contribution >= 0.6 is 0 Å². The number of nitrogens with one attached hydrogen (secondary N) is 1. The standard InChI is InChI=1S/C30H38F3N3O8/c1-28(2,3)43-26(38)36-17-22(41-27(39)44-29(4,5)6)24(21(36)14-18-8-10-20(40-7)11-9-18)42-25(37)35-16-19-12-13-34-23(15-19)30(31,32)33/h8-13,15,21-22,24H,14,16-17H2,1-7H3,(H,35,37)/t21-,22+,24+/m1/s1. The zero-order chi connectivity index (χ0) is 32.9. The molecular weight excluding hydrogens is 587 g/mol. The smallest absolute Gasteiger partial charge is 0.497 e. The predicted molar refractivity (Wildman–Crippen MR) is 151 cm³/mol. The number of ether oxygens (including phenoxy) is 5. The first kappa shape index (κ1) is 34.3. The second-order valence-corrected chi connectivity index (χ2v) is 12.1. The van der Waals surface area contributed by atoms with Crippen molar-refractivity contribution in [1.82, 2.24) is 15.2 Å². The molecule has 1 saturated heterocycles. The maximum absolute atomic E-state index is 13.3. The van der Waals surface area contributed by atoms with Crippen molar-refractivity contribution in [3.63, 3.8) is 0 Å². The van der Waals surface area contributed by atoms with E-state index in [0.717, 1.165) is 17.8 Å². The van der Waals surface area contributed by atoms with Crippen LogP contribution in [0.3, 0.4) is 0 Å². The molecule has 44 heavy (non-hydrogen) atoms. The van der Waals surface area contributed by atoms with Gasteiger partial charge in [0.25, 0.3) is 0 Å².